The summed E-state index contributed by atoms with van der Waals surface area (Å²) in [5.41, 5.74) is 2.81. The molecule has 0 saturated heterocycles. The van der Waals surface area contributed by atoms with E-state index in [-0.39, 0.29) is 0 Å². The second-order valence-electron chi connectivity index (χ2n) is 4.79. The number of benzene rings is 2. The zero-order chi connectivity index (χ0) is 12.1. The molecular weight excluding hydrogens is 204 g/mol. The molecule has 17 heavy (non-hydrogen) atoms. The Bertz CT molecular complexity index is 389. The normalized spacial score (nSPS) is 11.1. The van der Waals surface area contributed by atoms with Crippen LogP contribution in [0.4, 0.5) is 0 Å². The fourth-order valence-corrected chi connectivity index (χ4v) is 2.21. The molecule has 2 aromatic carbocycles. The average Bonchev–Trinajstić information content (AvgIpc) is 2.38. The van der Waals surface area contributed by atoms with Gasteiger partial charge in [0.1, 0.15) is 0 Å². The topological polar surface area (TPSA) is 0 Å². The van der Waals surface area contributed by atoms with Gasteiger partial charge in [-0.3, -0.25) is 0 Å². The quantitative estimate of drug-likeness (QED) is 0.697. The van der Waals surface area contributed by atoms with Gasteiger partial charge in [0.25, 0.3) is 0 Å². The van der Waals surface area contributed by atoms with Crippen molar-refractivity contribution in [3.8, 4) is 0 Å². The largest absolute Gasteiger partial charge is 0.0622 e. The van der Waals surface area contributed by atoms with E-state index < -0.39 is 0 Å². The van der Waals surface area contributed by atoms with Crippen molar-refractivity contribution in [1.29, 1.82) is 0 Å². The van der Waals surface area contributed by atoms with Gasteiger partial charge in [-0.2, -0.15) is 0 Å². The van der Waals surface area contributed by atoms with E-state index in [9.17, 15) is 0 Å². The number of hydrogen-bond donors (Lipinski definition) is 0. The summed E-state index contributed by atoms with van der Waals surface area (Å²) >= 11 is 0. The molecule has 0 atom stereocenters. The highest BCUT2D eigenvalue weighted by Crippen LogP contribution is 2.31. The monoisotopic (exact) mass is 223 g/mol. The molecule has 0 unspecified atom stereocenters. The third kappa shape index (κ3) is 3.20. The first-order valence-electron chi connectivity index (χ1n) is 6.16. The van der Waals surface area contributed by atoms with Crippen molar-refractivity contribution in [3.63, 3.8) is 0 Å². The minimum absolute atomic E-state index is 0.488. The molecule has 0 N–H and O–H groups in total. The second-order valence-corrected chi connectivity index (χ2v) is 4.79. The maximum atomic E-state index is 2.22. The van der Waals surface area contributed by atoms with Crippen LogP contribution in [0.25, 0.3) is 0 Å². The summed E-state index contributed by atoms with van der Waals surface area (Å²) in [6.45, 7) is 4.41. The fraction of sp³-hybridized carbons (Fsp3) is 0.235. The summed E-state index contributed by atoms with van der Waals surface area (Å²) in [4.78, 5) is 0. The molecule has 2 rings (SSSR count). The van der Waals surface area contributed by atoms with Crippen molar-refractivity contribution in [3.05, 3.63) is 77.7 Å². The molecule has 0 aliphatic heterocycles. The Balaban J connectivity index is 2.32. The molecule has 0 saturated carbocycles. The highest BCUT2D eigenvalue weighted by molar-refractivity contribution is 5.33. The van der Waals surface area contributed by atoms with Crippen molar-refractivity contribution in [2.24, 2.45) is 0 Å². The van der Waals surface area contributed by atoms with Gasteiger partial charge in [0.05, 0.1) is 0 Å². The Hall–Kier alpha value is -1.56. The molecule has 0 fully saturated rings. The van der Waals surface area contributed by atoms with Crippen molar-refractivity contribution < 1.29 is 0 Å². The molecule has 0 bridgehead atoms. The molecular formula is C17H19. The van der Waals surface area contributed by atoms with Crippen LogP contribution in [-0.2, 0) is 0 Å². The van der Waals surface area contributed by atoms with Crippen molar-refractivity contribution in [2.75, 3.05) is 0 Å². The third-order valence-electron chi connectivity index (χ3n) is 3.02. The molecule has 0 aliphatic carbocycles. The van der Waals surface area contributed by atoms with E-state index in [1.807, 2.05) is 0 Å². The van der Waals surface area contributed by atoms with Gasteiger partial charge >= 0.3 is 0 Å². The van der Waals surface area contributed by atoms with Crippen LogP contribution in [0.3, 0.4) is 0 Å². The Kier molecular flexibility index (Phi) is 3.98. The minimum Gasteiger partial charge on any atom is -0.0622 e. The van der Waals surface area contributed by atoms with E-state index in [1.165, 1.54) is 17.0 Å². The molecule has 0 spiro atoms. The predicted molar refractivity (Wildman–Crippen MR) is 73.9 cm³/mol. The van der Waals surface area contributed by atoms with Crippen LogP contribution >= 0.6 is 0 Å². The van der Waals surface area contributed by atoms with E-state index in [0.717, 1.165) is 6.42 Å². The molecule has 87 valence electrons. The minimum atomic E-state index is 0.488. The average molecular weight is 223 g/mol. The van der Waals surface area contributed by atoms with E-state index in [0.29, 0.717) is 5.92 Å². The molecule has 0 amide bonds. The lowest BCUT2D eigenvalue weighted by molar-refractivity contribution is 0.729. The summed E-state index contributed by atoms with van der Waals surface area (Å²) in [6, 6.07) is 21.5. The highest BCUT2D eigenvalue weighted by atomic mass is 14.2. The molecule has 1 radical (unpaired) electrons. The first-order valence-corrected chi connectivity index (χ1v) is 6.16. The standard InChI is InChI=1S/C17H19/c1-14(2)13-17(15-9-5-3-6-10-15)16-11-7-4-8-12-16/h3-12,17H,13H2,1-2H3. The van der Waals surface area contributed by atoms with Crippen LogP contribution in [0.5, 0.6) is 0 Å². The van der Waals surface area contributed by atoms with Crippen LogP contribution in [-0.4, -0.2) is 0 Å². The van der Waals surface area contributed by atoms with Crippen molar-refractivity contribution >= 4 is 0 Å². The second kappa shape index (κ2) is 5.67. The van der Waals surface area contributed by atoms with Crippen LogP contribution < -0.4 is 0 Å². The molecule has 0 aliphatic rings. The molecule has 0 heterocycles. The van der Waals surface area contributed by atoms with Gasteiger partial charge in [0.2, 0.25) is 0 Å². The van der Waals surface area contributed by atoms with E-state index in [4.69, 9.17) is 0 Å². The van der Waals surface area contributed by atoms with Gasteiger partial charge in [0, 0.05) is 5.92 Å². The Labute approximate surface area is 104 Å². The van der Waals surface area contributed by atoms with Gasteiger partial charge in [-0.1, -0.05) is 74.5 Å². The van der Waals surface area contributed by atoms with E-state index in [1.54, 1.807) is 0 Å². The zero-order valence-electron chi connectivity index (χ0n) is 10.6. The summed E-state index contributed by atoms with van der Waals surface area (Å²) in [5.74, 6) is 1.96. The summed E-state index contributed by atoms with van der Waals surface area (Å²) in [6.07, 6.45) is 1.12. The Morgan fingerprint density at radius 2 is 1.18 bits per heavy atom. The van der Waals surface area contributed by atoms with Crippen LogP contribution in [0.1, 0.15) is 37.3 Å². The van der Waals surface area contributed by atoms with Gasteiger partial charge < -0.3 is 0 Å². The summed E-state index contributed by atoms with van der Waals surface area (Å²) in [5, 5.41) is 0. The Morgan fingerprint density at radius 3 is 1.53 bits per heavy atom. The lowest BCUT2D eigenvalue weighted by Gasteiger charge is -2.19. The van der Waals surface area contributed by atoms with Crippen LogP contribution in [0.2, 0.25) is 0 Å². The van der Waals surface area contributed by atoms with Crippen molar-refractivity contribution in [2.45, 2.75) is 26.2 Å². The predicted octanol–water partition coefficient (Wildman–Crippen LogP) is 4.82. The zero-order valence-corrected chi connectivity index (χ0v) is 10.6. The first kappa shape index (κ1) is 11.9. The van der Waals surface area contributed by atoms with E-state index >= 15 is 0 Å². The van der Waals surface area contributed by atoms with Gasteiger partial charge in [0.15, 0.2) is 0 Å². The lowest BCUT2D eigenvalue weighted by atomic mass is 9.85. The van der Waals surface area contributed by atoms with Crippen LogP contribution in [0.15, 0.2) is 60.7 Å². The number of rotatable bonds is 4. The summed E-state index contributed by atoms with van der Waals surface area (Å²) < 4.78 is 0. The number of hydrogen-bond acceptors (Lipinski definition) is 0. The van der Waals surface area contributed by atoms with Crippen molar-refractivity contribution in [1.82, 2.24) is 0 Å². The smallest absolute Gasteiger partial charge is 0.00946 e. The van der Waals surface area contributed by atoms with E-state index in [2.05, 4.69) is 74.5 Å². The van der Waals surface area contributed by atoms with Gasteiger partial charge in [-0.25, -0.2) is 0 Å². The van der Waals surface area contributed by atoms with Gasteiger partial charge in [-0.05, 0) is 23.5 Å². The third-order valence-corrected chi connectivity index (χ3v) is 3.02. The SMILES string of the molecule is C[C](C)CC(c1ccccc1)c1ccccc1. The molecule has 0 aromatic heterocycles. The highest BCUT2D eigenvalue weighted by Gasteiger charge is 2.15. The molecule has 2 aromatic rings. The lowest BCUT2D eigenvalue weighted by Crippen LogP contribution is -2.03. The summed E-state index contributed by atoms with van der Waals surface area (Å²) in [7, 11) is 0. The fourth-order valence-electron chi connectivity index (χ4n) is 2.21. The maximum absolute atomic E-state index is 2.22. The first-order chi connectivity index (χ1) is 8.27. The molecule has 0 heteroatoms. The van der Waals surface area contributed by atoms with Gasteiger partial charge in [-0.15, -0.1) is 0 Å². The Morgan fingerprint density at radius 1 is 0.765 bits per heavy atom. The maximum Gasteiger partial charge on any atom is 0.00946 e. The molecule has 0 nitrogen and oxygen atoms in total. The van der Waals surface area contributed by atoms with Crippen LogP contribution in [0, 0.1) is 5.92 Å².